The molecule has 2 heterocycles. The van der Waals surface area contributed by atoms with Crippen LogP contribution in [0.25, 0.3) is 10.9 Å². The Balaban J connectivity index is 1.73. The fourth-order valence-corrected chi connectivity index (χ4v) is 2.89. The third kappa shape index (κ3) is 2.82. The summed E-state index contributed by atoms with van der Waals surface area (Å²) in [6.45, 7) is 4.01. The molecule has 0 aliphatic carbocycles. The van der Waals surface area contributed by atoms with Crippen molar-refractivity contribution in [3.8, 4) is 0 Å². The van der Waals surface area contributed by atoms with E-state index in [0.717, 1.165) is 36.1 Å². The number of pyridine rings is 1. The Labute approximate surface area is 119 Å². The van der Waals surface area contributed by atoms with E-state index in [4.69, 9.17) is 0 Å². The molecule has 1 unspecified atom stereocenters. The van der Waals surface area contributed by atoms with Gasteiger partial charge in [-0.3, -0.25) is 9.78 Å². The molecular weight excluding hydrogens is 248 g/mol. The Morgan fingerprint density at radius 3 is 3.00 bits per heavy atom. The largest absolute Gasteiger partial charge is 0.342 e. The van der Waals surface area contributed by atoms with Gasteiger partial charge in [-0.1, -0.05) is 31.2 Å². The topological polar surface area (TPSA) is 33.2 Å². The van der Waals surface area contributed by atoms with Gasteiger partial charge in [-0.05, 0) is 30.9 Å². The van der Waals surface area contributed by atoms with Crippen molar-refractivity contribution < 1.29 is 4.79 Å². The minimum atomic E-state index is 0.208. The number of aromatic nitrogens is 1. The molecule has 0 saturated carbocycles. The highest BCUT2D eigenvalue weighted by molar-refractivity contribution is 5.81. The normalized spacial score (nSPS) is 19.2. The number of carbonyl (C=O) groups is 1. The lowest BCUT2D eigenvalue weighted by atomic mass is 10.00. The van der Waals surface area contributed by atoms with Crippen LogP contribution in [0.15, 0.2) is 36.4 Å². The molecule has 1 amide bonds. The SMILES string of the molecule is CC1CCCN(C(=O)Cc2ccc3ccccc3n2)C1. The second-order valence-corrected chi connectivity index (χ2v) is 5.76. The summed E-state index contributed by atoms with van der Waals surface area (Å²) in [7, 11) is 0. The molecule has 20 heavy (non-hydrogen) atoms. The maximum atomic E-state index is 12.3. The molecule has 1 aromatic carbocycles. The number of para-hydroxylation sites is 1. The van der Waals surface area contributed by atoms with Crippen molar-refractivity contribution in [2.24, 2.45) is 5.92 Å². The zero-order valence-corrected chi connectivity index (χ0v) is 11.9. The number of piperidine rings is 1. The third-order valence-corrected chi connectivity index (χ3v) is 4.00. The standard InChI is InChI=1S/C17H20N2O/c1-13-5-4-10-19(12-13)17(20)11-15-9-8-14-6-2-3-7-16(14)18-15/h2-3,6-9,13H,4-5,10-12H2,1H3. The van der Waals surface area contributed by atoms with Crippen LogP contribution in [-0.2, 0) is 11.2 Å². The molecule has 1 aliphatic heterocycles. The van der Waals surface area contributed by atoms with Crippen LogP contribution in [0.4, 0.5) is 0 Å². The molecule has 1 atom stereocenters. The molecule has 3 rings (SSSR count). The number of carbonyl (C=O) groups excluding carboxylic acids is 1. The third-order valence-electron chi connectivity index (χ3n) is 4.00. The summed E-state index contributed by atoms with van der Waals surface area (Å²) >= 11 is 0. The first-order valence-corrected chi connectivity index (χ1v) is 7.35. The van der Waals surface area contributed by atoms with Gasteiger partial charge >= 0.3 is 0 Å². The summed E-state index contributed by atoms with van der Waals surface area (Å²) < 4.78 is 0. The van der Waals surface area contributed by atoms with Crippen molar-refractivity contribution in [2.75, 3.05) is 13.1 Å². The van der Waals surface area contributed by atoms with Gasteiger partial charge in [-0.15, -0.1) is 0 Å². The smallest absolute Gasteiger partial charge is 0.228 e. The second-order valence-electron chi connectivity index (χ2n) is 5.76. The molecule has 1 aliphatic rings. The molecule has 1 aromatic heterocycles. The van der Waals surface area contributed by atoms with E-state index in [1.807, 2.05) is 41.3 Å². The molecule has 104 valence electrons. The average Bonchev–Trinajstić information content (AvgIpc) is 2.47. The summed E-state index contributed by atoms with van der Waals surface area (Å²) in [5, 5.41) is 1.12. The van der Waals surface area contributed by atoms with Crippen LogP contribution in [-0.4, -0.2) is 28.9 Å². The van der Waals surface area contributed by atoms with Crippen LogP contribution in [0.1, 0.15) is 25.5 Å². The summed E-state index contributed by atoms with van der Waals surface area (Å²) in [5.41, 5.74) is 1.83. The van der Waals surface area contributed by atoms with Crippen LogP contribution < -0.4 is 0 Å². The maximum Gasteiger partial charge on any atom is 0.228 e. The highest BCUT2D eigenvalue weighted by atomic mass is 16.2. The molecule has 1 fully saturated rings. The molecular formula is C17H20N2O. The highest BCUT2D eigenvalue weighted by Gasteiger charge is 2.21. The van der Waals surface area contributed by atoms with Crippen molar-refractivity contribution in [3.05, 3.63) is 42.1 Å². The first-order chi connectivity index (χ1) is 9.72. The maximum absolute atomic E-state index is 12.3. The van der Waals surface area contributed by atoms with E-state index in [1.54, 1.807) is 0 Å². The second kappa shape index (κ2) is 5.61. The number of benzene rings is 1. The number of likely N-dealkylation sites (tertiary alicyclic amines) is 1. The summed E-state index contributed by atoms with van der Waals surface area (Å²) in [6, 6.07) is 12.0. The lowest BCUT2D eigenvalue weighted by Crippen LogP contribution is -2.40. The van der Waals surface area contributed by atoms with Gasteiger partial charge in [0.1, 0.15) is 0 Å². The van der Waals surface area contributed by atoms with Gasteiger partial charge in [0, 0.05) is 18.5 Å². The van der Waals surface area contributed by atoms with Gasteiger partial charge in [0.25, 0.3) is 0 Å². The van der Waals surface area contributed by atoms with E-state index >= 15 is 0 Å². The molecule has 1 saturated heterocycles. The van der Waals surface area contributed by atoms with Gasteiger partial charge in [0.15, 0.2) is 0 Å². The van der Waals surface area contributed by atoms with Crippen molar-refractivity contribution in [3.63, 3.8) is 0 Å². The van der Waals surface area contributed by atoms with Gasteiger partial charge in [-0.2, -0.15) is 0 Å². The summed E-state index contributed by atoms with van der Waals surface area (Å²) in [4.78, 5) is 18.9. The Morgan fingerprint density at radius 2 is 2.15 bits per heavy atom. The number of hydrogen-bond acceptors (Lipinski definition) is 2. The molecule has 0 bridgehead atoms. The molecule has 2 aromatic rings. The van der Waals surface area contributed by atoms with E-state index in [-0.39, 0.29) is 5.91 Å². The lowest BCUT2D eigenvalue weighted by molar-refractivity contribution is -0.132. The Bertz CT molecular complexity index is 623. The Morgan fingerprint density at radius 1 is 1.30 bits per heavy atom. The minimum Gasteiger partial charge on any atom is -0.342 e. The summed E-state index contributed by atoms with van der Waals surface area (Å²) in [5.74, 6) is 0.830. The monoisotopic (exact) mass is 268 g/mol. The van der Waals surface area contributed by atoms with Crippen LogP contribution in [0.2, 0.25) is 0 Å². The molecule has 0 radical (unpaired) electrons. The molecule has 3 nitrogen and oxygen atoms in total. The van der Waals surface area contributed by atoms with Gasteiger partial charge < -0.3 is 4.90 Å². The van der Waals surface area contributed by atoms with Crippen molar-refractivity contribution in [1.29, 1.82) is 0 Å². The quantitative estimate of drug-likeness (QED) is 0.838. The van der Waals surface area contributed by atoms with E-state index in [0.29, 0.717) is 12.3 Å². The Kier molecular flexibility index (Phi) is 3.68. The predicted molar refractivity (Wildman–Crippen MR) is 80.4 cm³/mol. The van der Waals surface area contributed by atoms with Gasteiger partial charge in [0.05, 0.1) is 17.6 Å². The van der Waals surface area contributed by atoms with Crippen LogP contribution in [0.5, 0.6) is 0 Å². The fourth-order valence-electron chi connectivity index (χ4n) is 2.89. The highest BCUT2D eigenvalue weighted by Crippen LogP contribution is 2.17. The van der Waals surface area contributed by atoms with Gasteiger partial charge in [0.2, 0.25) is 5.91 Å². The fraction of sp³-hybridized carbons (Fsp3) is 0.412. The zero-order valence-electron chi connectivity index (χ0n) is 11.9. The number of amides is 1. The Hall–Kier alpha value is -1.90. The lowest BCUT2D eigenvalue weighted by Gasteiger charge is -2.30. The average molecular weight is 268 g/mol. The number of hydrogen-bond donors (Lipinski definition) is 0. The van der Waals surface area contributed by atoms with Crippen molar-refractivity contribution in [2.45, 2.75) is 26.2 Å². The van der Waals surface area contributed by atoms with E-state index in [9.17, 15) is 4.79 Å². The predicted octanol–water partition coefficient (Wildman–Crippen LogP) is 3.04. The van der Waals surface area contributed by atoms with E-state index in [1.165, 1.54) is 6.42 Å². The van der Waals surface area contributed by atoms with Gasteiger partial charge in [-0.25, -0.2) is 0 Å². The first kappa shape index (κ1) is 13.1. The minimum absolute atomic E-state index is 0.208. The molecule has 3 heteroatoms. The number of fused-ring (bicyclic) bond motifs is 1. The van der Waals surface area contributed by atoms with Crippen LogP contribution >= 0.6 is 0 Å². The zero-order chi connectivity index (χ0) is 13.9. The number of nitrogens with zero attached hydrogens (tertiary/aromatic N) is 2. The number of rotatable bonds is 2. The van der Waals surface area contributed by atoms with Crippen molar-refractivity contribution >= 4 is 16.8 Å². The van der Waals surface area contributed by atoms with Crippen LogP contribution in [0, 0.1) is 5.92 Å². The van der Waals surface area contributed by atoms with E-state index < -0.39 is 0 Å². The van der Waals surface area contributed by atoms with Crippen molar-refractivity contribution in [1.82, 2.24) is 9.88 Å². The first-order valence-electron chi connectivity index (χ1n) is 7.35. The molecule has 0 N–H and O–H groups in total. The van der Waals surface area contributed by atoms with E-state index in [2.05, 4.69) is 11.9 Å². The molecule has 0 spiro atoms. The van der Waals surface area contributed by atoms with Crippen LogP contribution in [0.3, 0.4) is 0 Å². The summed E-state index contributed by atoms with van der Waals surface area (Å²) in [6.07, 6.45) is 2.77.